The molecule has 0 amide bonds. The van der Waals surface area contributed by atoms with Crippen LogP contribution in [0, 0.1) is 20.2 Å². The van der Waals surface area contributed by atoms with Crippen molar-refractivity contribution in [2.45, 2.75) is 25.8 Å². The summed E-state index contributed by atoms with van der Waals surface area (Å²) in [6, 6.07) is 18.5. The SMILES string of the molecule is CC1(C)C(C=C2C(=O)C(C=C3C=c4ccccc4=N3)=C2[O-])=[N+](Cc2cc([N+](=O)[O-])cc([N+](=O)[O-])c2)c2ccccc21. The molecule has 10 heteroatoms. The number of fused-ring (bicyclic) bond motifs is 2. The molecule has 3 aliphatic rings. The third kappa shape index (κ3) is 4.26. The molecule has 6 rings (SSSR count). The third-order valence-corrected chi connectivity index (χ3v) is 7.57. The number of benzene rings is 3. The fourth-order valence-electron chi connectivity index (χ4n) is 5.51. The molecule has 2 heterocycles. The van der Waals surface area contributed by atoms with Gasteiger partial charge in [-0.3, -0.25) is 25.0 Å². The van der Waals surface area contributed by atoms with Gasteiger partial charge in [-0.15, -0.1) is 0 Å². The Hall–Kier alpha value is -5.51. The molecule has 0 bridgehead atoms. The maximum Gasteiger partial charge on any atom is 0.276 e. The predicted octanol–water partition coefficient (Wildman–Crippen LogP) is 3.20. The van der Waals surface area contributed by atoms with E-state index in [1.54, 1.807) is 6.08 Å². The van der Waals surface area contributed by atoms with E-state index in [1.165, 1.54) is 18.2 Å². The summed E-state index contributed by atoms with van der Waals surface area (Å²) in [5.74, 6) is -0.792. The normalized spacial score (nSPS) is 18.6. The molecule has 202 valence electrons. The minimum atomic E-state index is -0.672. The van der Waals surface area contributed by atoms with E-state index in [9.17, 15) is 30.1 Å². The van der Waals surface area contributed by atoms with Crippen LogP contribution >= 0.6 is 0 Å². The van der Waals surface area contributed by atoms with Crippen LogP contribution in [-0.4, -0.2) is 25.9 Å². The van der Waals surface area contributed by atoms with Crippen LogP contribution in [0.2, 0.25) is 0 Å². The molecule has 1 aliphatic carbocycles. The number of ketones is 1. The summed E-state index contributed by atoms with van der Waals surface area (Å²) in [5.41, 5.74) is 1.85. The summed E-state index contributed by atoms with van der Waals surface area (Å²) in [4.78, 5) is 39.3. The van der Waals surface area contributed by atoms with E-state index in [2.05, 4.69) is 4.99 Å². The Morgan fingerprint density at radius 3 is 2.24 bits per heavy atom. The molecule has 0 saturated carbocycles. The zero-order chi connectivity index (χ0) is 29.1. The fraction of sp³-hybridized carbons (Fsp3) is 0.129. The highest BCUT2D eigenvalue weighted by Gasteiger charge is 2.45. The van der Waals surface area contributed by atoms with Crippen molar-refractivity contribution in [3.63, 3.8) is 0 Å². The number of carbonyl (C=O) groups excluding carboxylic acids is 1. The van der Waals surface area contributed by atoms with Crippen molar-refractivity contribution in [3.8, 4) is 0 Å². The molecule has 0 atom stereocenters. The van der Waals surface area contributed by atoms with E-state index in [4.69, 9.17) is 0 Å². The van der Waals surface area contributed by atoms with Gasteiger partial charge >= 0.3 is 0 Å². The predicted molar refractivity (Wildman–Crippen MR) is 148 cm³/mol. The summed E-state index contributed by atoms with van der Waals surface area (Å²) in [7, 11) is 0. The highest BCUT2D eigenvalue weighted by Crippen LogP contribution is 2.42. The summed E-state index contributed by atoms with van der Waals surface area (Å²) in [6.45, 7) is 3.97. The van der Waals surface area contributed by atoms with Gasteiger partial charge in [0, 0.05) is 51.8 Å². The minimum Gasteiger partial charge on any atom is -0.871 e. The Labute approximate surface area is 233 Å². The number of allylic oxidation sites excluding steroid dienone is 5. The number of hydrogen-bond donors (Lipinski definition) is 0. The van der Waals surface area contributed by atoms with Crippen LogP contribution in [0.5, 0.6) is 0 Å². The van der Waals surface area contributed by atoms with Crippen LogP contribution in [0.25, 0.3) is 6.08 Å². The van der Waals surface area contributed by atoms with Crippen molar-refractivity contribution in [2.75, 3.05) is 0 Å². The van der Waals surface area contributed by atoms with Gasteiger partial charge in [0.25, 0.3) is 11.4 Å². The molecule has 0 N–H and O–H groups in total. The molecule has 0 saturated heterocycles. The second kappa shape index (κ2) is 9.30. The number of nitro benzene ring substituents is 2. The number of rotatable bonds is 6. The van der Waals surface area contributed by atoms with Crippen molar-refractivity contribution >= 4 is 34.6 Å². The van der Waals surface area contributed by atoms with Crippen molar-refractivity contribution < 1.29 is 24.3 Å². The van der Waals surface area contributed by atoms with Gasteiger partial charge in [0.1, 0.15) is 0 Å². The molecule has 41 heavy (non-hydrogen) atoms. The quantitative estimate of drug-likeness (QED) is 0.201. The lowest BCUT2D eigenvalue weighted by molar-refractivity contribution is -0.455. The van der Waals surface area contributed by atoms with Gasteiger partial charge in [-0.2, -0.15) is 4.58 Å². The summed E-state index contributed by atoms with van der Waals surface area (Å²) in [6.07, 6.45) is 4.89. The van der Waals surface area contributed by atoms with Crippen molar-refractivity contribution in [3.05, 3.63) is 143 Å². The molecular weight excluding hydrogens is 524 g/mol. The van der Waals surface area contributed by atoms with Gasteiger partial charge in [0.15, 0.2) is 18.0 Å². The van der Waals surface area contributed by atoms with E-state index < -0.39 is 38.2 Å². The number of hydrogen-bond acceptors (Lipinski definition) is 7. The number of para-hydroxylation sites is 2. The molecule has 0 spiro atoms. The molecule has 10 nitrogen and oxygen atoms in total. The lowest BCUT2D eigenvalue weighted by Gasteiger charge is -2.29. The zero-order valence-corrected chi connectivity index (χ0v) is 22.0. The molecule has 3 aromatic carbocycles. The zero-order valence-electron chi connectivity index (χ0n) is 22.0. The molecule has 0 radical (unpaired) electrons. The van der Waals surface area contributed by atoms with Crippen molar-refractivity contribution in [1.82, 2.24) is 0 Å². The first-order valence-electron chi connectivity index (χ1n) is 12.8. The third-order valence-electron chi connectivity index (χ3n) is 7.57. The first kappa shape index (κ1) is 25.8. The minimum absolute atomic E-state index is 0.0262. The smallest absolute Gasteiger partial charge is 0.276 e. The van der Waals surface area contributed by atoms with Crippen molar-refractivity contribution in [1.29, 1.82) is 0 Å². The lowest BCUT2D eigenvalue weighted by atomic mass is 9.78. The van der Waals surface area contributed by atoms with Gasteiger partial charge < -0.3 is 5.11 Å². The van der Waals surface area contributed by atoms with E-state index in [-0.39, 0.29) is 17.7 Å². The number of nitro groups is 2. The Balaban J connectivity index is 1.45. The maximum absolute atomic E-state index is 13.2. The molecule has 0 unspecified atom stereocenters. The fourth-order valence-corrected chi connectivity index (χ4v) is 5.51. The van der Waals surface area contributed by atoms with Gasteiger partial charge in [-0.1, -0.05) is 42.2 Å². The number of carbonyl (C=O) groups is 1. The van der Waals surface area contributed by atoms with E-state index in [1.807, 2.05) is 73.0 Å². The standard InChI is InChI=1S/C31H22N4O6/c1-31(2)25-8-4-6-10-27(25)33(17-18-11-21(34(38)39)15-22(12-18)35(40)41)28(31)16-24-29(36)23(30(24)37)14-20-13-19-7-3-5-9-26(19)32-20/h3-16H,17H2,1-2H3. The topological polar surface area (TPSA) is 142 Å². The van der Waals surface area contributed by atoms with E-state index >= 15 is 0 Å². The first-order chi connectivity index (χ1) is 19.5. The number of Topliss-reactive ketones (excluding diaryl/α,β-unsaturated/α-hetero) is 1. The largest absolute Gasteiger partial charge is 0.871 e. The first-order valence-corrected chi connectivity index (χ1v) is 12.8. The second-order valence-corrected chi connectivity index (χ2v) is 10.5. The van der Waals surface area contributed by atoms with Gasteiger partial charge in [-0.05, 0) is 32.1 Å². The van der Waals surface area contributed by atoms with Gasteiger partial charge in [-0.25, -0.2) is 4.99 Å². The van der Waals surface area contributed by atoms with Crippen molar-refractivity contribution in [2.24, 2.45) is 4.99 Å². The Bertz CT molecular complexity index is 1910. The number of non-ortho nitro benzene ring substituents is 2. The molecular formula is C31H22N4O6. The van der Waals surface area contributed by atoms with Gasteiger partial charge in [0.05, 0.1) is 32.4 Å². The average Bonchev–Trinajstić information content (AvgIpc) is 3.46. The second-order valence-electron chi connectivity index (χ2n) is 10.5. The highest BCUT2D eigenvalue weighted by atomic mass is 16.6. The van der Waals surface area contributed by atoms with Crippen LogP contribution in [0.3, 0.4) is 0 Å². The Kier molecular flexibility index (Phi) is 5.84. The molecule has 0 aromatic heterocycles. The molecule has 2 aliphatic heterocycles. The van der Waals surface area contributed by atoms with E-state index in [0.29, 0.717) is 17.0 Å². The maximum atomic E-state index is 13.2. The van der Waals surface area contributed by atoms with Crippen LogP contribution in [0.4, 0.5) is 17.1 Å². The summed E-state index contributed by atoms with van der Waals surface area (Å²) >= 11 is 0. The van der Waals surface area contributed by atoms with Crippen LogP contribution in [0.1, 0.15) is 25.0 Å². The molecule has 3 aromatic rings. The van der Waals surface area contributed by atoms with Crippen LogP contribution in [-0.2, 0) is 16.8 Å². The van der Waals surface area contributed by atoms with E-state index in [0.717, 1.165) is 27.9 Å². The average molecular weight is 547 g/mol. The van der Waals surface area contributed by atoms with Crippen LogP contribution < -0.4 is 15.7 Å². The Morgan fingerprint density at radius 1 is 0.927 bits per heavy atom. The number of nitrogens with zero attached hydrogens (tertiary/aromatic N) is 4. The summed E-state index contributed by atoms with van der Waals surface area (Å²) in [5, 5.41) is 37.8. The van der Waals surface area contributed by atoms with Gasteiger partial charge in [0.2, 0.25) is 5.69 Å². The lowest BCUT2D eigenvalue weighted by Crippen LogP contribution is -2.33. The highest BCUT2D eigenvalue weighted by molar-refractivity contribution is 6.24. The summed E-state index contributed by atoms with van der Waals surface area (Å²) < 4.78 is 1.85. The Morgan fingerprint density at radius 2 is 1.59 bits per heavy atom. The monoisotopic (exact) mass is 546 g/mol. The molecule has 0 fully saturated rings. The van der Waals surface area contributed by atoms with Crippen LogP contribution in [0.15, 0.2) is 106 Å².